The van der Waals surface area contributed by atoms with Crippen molar-refractivity contribution in [3.8, 4) is 16.9 Å². The highest BCUT2D eigenvalue weighted by Gasteiger charge is 2.31. The summed E-state index contributed by atoms with van der Waals surface area (Å²) in [6.45, 7) is 1.29. The number of phenols is 1. The average Bonchev–Trinajstić information content (AvgIpc) is 3.54. The summed E-state index contributed by atoms with van der Waals surface area (Å²) in [4.78, 5) is 32.9. The Kier molecular flexibility index (Phi) is 8.20. The second-order valence-corrected chi connectivity index (χ2v) is 11.7. The topological polar surface area (TPSA) is 87.1 Å². The second kappa shape index (κ2) is 12.2. The number of thiazole rings is 1. The van der Waals surface area contributed by atoms with Gasteiger partial charge in [0.2, 0.25) is 0 Å². The van der Waals surface area contributed by atoms with Crippen molar-refractivity contribution in [2.75, 3.05) is 13.1 Å². The molecule has 6 rings (SSSR count). The maximum Gasteiger partial charge on any atom is 0.416 e. The second-order valence-electron chi connectivity index (χ2n) is 10.8. The summed E-state index contributed by atoms with van der Waals surface area (Å²) >= 11 is 1.44. The number of nitrogens with two attached hydrogens (primary N) is 1. The maximum absolute atomic E-state index is 13.5. The van der Waals surface area contributed by atoms with E-state index in [0.717, 1.165) is 27.9 Å². The number of likely N-dealkylation sites (tertiary alicyclic amines) is 1. The van der Waals surface area contributed by atoms with Gasteiger partial charge in [0.15, 0.2) is 5.69 Å². The van der Waals surface area contributed by atoms with Gasteiger partial charge in [-0.05, 0) is 59.0 Å². The molecule has 1 aliphatic rings. The van der Waals surface area contributed by atoms with Gasteiger partial charge in [-0.25, -0.2) is 9.78 Å². The molecule has 1 aromatic heterocycles. The first-order valence-corrected chi connectivity index (χ1v) is 15.2. The van der Waals surface area contributed by atoms with Crippen molar-refractivity contribution in [3.63, 3.8) is 0 Å². The highest BCUT2D eigenvalue weighted by Crippen LogP contribution is 2.34. The molecule has 1 saturated heterocycles. The number of quaternary nitrogens is 1. The molecular weight excluding hydrogens is 587 g/mol. The lowest BCUT2D eigenvalue weighted by atomic mass is 9.94. The summed E-state index contributed by atoms with van der Waals surface area (Å²) in [5, 5.41) is 16.5. The molecule has 0 unspecified atom stereocenters. The zero-order chi connectivity index (χ0) is 30.8. The number of primary amides is 1. The van der Waals surface area contributed by atoms with E-state index in [1.54, 1.807) is 45.9 Å². The maximum atomic E-state index is 13.5. The number of carbonyl (C=O) groups excluding carboxylic acids is 2. The van der Waals surface area contributed by atoms with E-state index in [-0.39, 0.29) is 30.0 Å². The molecule has 44 heavy (non-hydrogen) atoms. The molecule has 3 N–H and O–H groups in total. The molecule has 5 aromatic rings. The molecular formula is C34H29F3N3O3S+. The summed E-state index contributed by atoms with van der Waals surface area (Å²) in [6, 6.07) is 23.0. The number of amides is 2. The molecule has 10 heteroatoms. The van der Waals surface area contributed by atoms with Gasteiger partial charge in [0.25, 0.3) is 5.91 Å². The van der Waals surface area contributed by atoms with Crippen LogP contribution in [0.5, 0.6) is 5.75 Å². The van der Waals surface area contributed by atoms with Crippen LogP contribution in [0.25, 0.3) is 21.9 Å². The summed E-state index contributed by atoms with van der Waals surface area (Å²) in [5.41, 5.74) is 1.91. The van der Waals surface area contributed by atoms with E-state index in [4.69, 9.17) is 0 Å². The van der Waals surface area contributed by atoms with Crippen molar-refractivity contribution in [3.05, 3.63) is 118 Å². The number of nitrogens with zero attached hydrogens (tertiary/aromatic N) is 2. The van der Waals surface area contributed by atoms with E-state index in [2.05, 4.69) is 4.98 Å². The number of halogens is 3. The number of aromatic hydroxyl groups is 1. The number of phenolic OH excluding ortho intramolecular Hbond substituents is 1. The first-order chi connectivity index (χ1) is 21.2. The fraction of sp³-hybridized carbons (Fsp3) is 0.206. The predicted molar refractivity (Wildman–Crippen MR) is 162 cm³/mol. The van der Waals surface area contributed by atoms with E-state index in [1.165, 1.54) is 23.5 Å². The van der Waals surface area contributed by atoms with Crippen LogP contribution in [0.15, 0.2) is 90.3 Å². The molecule has 2 heterocycles. The molecule has 0 saturated carbocycles. The zero-order valence-corrected chi connectivity index (χ0v) is 24.4. The Hall–Kier alpha value is -4.54. The quantitative estimate of drug-likeness (QED) is 0.225. The molecule has 0 atom stereocenters. The predicted octanol–water partition coefficient (Wildman–Crippen LogP) is 6.61. The lowest BCUT2D eigenvalue weighted by molar-refractivity contribution is -0.571. The molecule has 0 bridgehead atoms. The molecule has 4 aromatic carbocycles. The number of carbonyl (C=O) groups is 2. The highest BCUT2D eigenvalue weighted by atomic mass is 32.1. The summed E-state index contributed by atoms with van der Waals surface area (Å²) in [5.74, 6) is -0.111. The Bertz CT molecular complexity index is 1830. The monoisotopic (exact) mass is 616 g/mol. The van der Waals surface area contributed by atoms with Crippen molar-refractivity contribution >= 4 is 33.9 Å². The van der Waals surface area contributed by atoms with Crippen LogP contribution in [-0.4, -0.2) is 39.9 Å². The Balaban J connectivity index is 1.08. The average molecular weight is 617 g/mol. The van der Waals surface area contributed by atoms with Gasteiger partial charge < -0.3 is 10.0 Å². The Morgan fingerprint density at radius 3 is 2.39 bits per heavy atom. The number of benzene rings is 4. The molecule has 0 spiro atoms. The minimum atomic E-state index is -4.43. The number of alkyl halides is 3. The minimum Gasteiger partial charge on any atom is -0.507 e. The zero-order valence-electron chi connectivity index (χ0n) is 23.6. The van der Waals surface area contributed by atoms with Gasteiger partial charge in [0.05, 0.1) is 16.1 Å². The van der Waals surface area contributed by atoms with E-state index in [9.17, 15) is 27.9 Å². The third-order valence-corrected chi connectivity index (χ3v) is 9.10. The summed E-state index contributed by atoms with van der Waals surface area (Å²) in [7, 11) is 0. The normalized spacial score (nSPS) is 14.2. The number of hydrogen-bond donors (Lipinski definition) is 2. The number of hydrogen-bond acceptors (Lipinski definition) is 5. The number of rotatable bonds is 6. The first-order valence-electron chi connectivity index (χ1n) is 14.3. The number of piperidine rings is 1. The lowest BCUT2D eigenvalue weighted by Gasteiger charge is -2.31. The third kappa shape index (κ3) is 6.09. The molecule has 0 aliphatic carbocycles. The van der Waals surface area contributed by atoms with Gasteiger partial charge in [0, 0.05) is 30.0 Å². The highest BCUT2D eigenvalue weighted by molar-refractivity contribution is 7.09. The van der Waals surface area contributed by atoms with Crippen molar-refractivity contribution in [2.24, 2.45) is 0 Å². The molecule has 6 nitrogen and oxygen atoms in total. The van der Waals surface area contributed by atoms with E-state index in [1.807, 2.05) is 30.3 Å². The van der Waals surface area contributed by atoms with Crippen molar-refractivity contribution in [2.45, 2.75) is 31.5 Å². The molecule has 2 amide bonds. The van der Waals surface area contributed by atoms with Crippen LogP contribution in [0.3, 0.4) is 0 Å². The van der Waals surface area contributed by atoms with E-state index >= 15 is 0 Å². The fourth-order valence-electron chi connectivity index (χ4n) is 5.69. The third-order valence-electron chi connectivity index (χ3n) is 8.09. The molecule has 1 fully saturated rings. The van der Waals surface area contributed by atoms with Crippen LogP contribution in [0.2, 0.25) is 0 Å². The van der Waals surface area contributed by atoms with Gasteiger partial charge in [-0.1, -0.05) is 60.7 Å². The lowest BCUT2D eigenvalue weighted by Crippen LogP contribution is -2.86. The van der Waals surface area contributed by atoms with Crippen molar-refractivity contribution < 1.29 is 33.2 Å². The van der Waals surface area contributed by atoms with E-state index < -0.39 is 11.7 Å². The molecule has 0 radical (unpaired) electrons. The van der Waals surface area contributed by atoms with Crippen LogP contribution in [0, 0.1) is 0 Å². The molecule has 1 aliphatic heterocycles. The van der Waals surface area contributed by atoms with Gasteiger partial charge >= 0.3 is 12.1 Å². The summed E-state index contributed by atoms with van der Waals surface area (Å²) < 4.78 is 39.1. The van der Waals surface area contributed by atoms with Crippen LogP contribution < -0.4 is 5.32 Å². The number of aromatic nitrogens is 1. The SMILES string of the molecule is O=C([NH2+]Cc1c(O)ccc2ccccc12)c1csc(C2CCN(C(=O)c3ccccc3-c3ccc(C(F)(F)F)cc3)CC2)n1. The van der Waals surface area contributed by atoms with Crippen LogP contribution in [0.4, 0.5) is 13.2 Å². The number of fused-ring (bicyclic) bond motifs is 1. The largest absolute Gasteiger partial charge is 0.507 e. The Labute approximate surface area is 255 Å². The Morgan fingerprint density at radius 1 is 0.932 bits per heavy atom. The molecule has 224 valence electrons. The van der Waals surface area contributed by atoms with Crippen LogP contribution in [-0.2, 0) is 12.7 Å². The van der Waals surface area contributed by atoms with Gasteiger partial charge in [-0.15, -0.1) is 11.3 Å². The van der Waals surface area contributed by atoms with Gasteiger partial charge in [0.1, 0.15) is 12.3 Å². The first kappa shape index (κ1) is 29.5. The summed E-state index contributed by atoms with van der Waals surface area (Å²) in [6.07, 6.45) is -3.06. The van der Waals surface area contributed by atoms with E-state index in [0.29, 0.717) is 53.9 Å². The fourth-order valence-corrected chi connectivity index (χ4v) is 6.67. The van der Waals surface area contributed by atoms with Crippen molar-refractivity contribution in [1.29, 1.82) is 0 Å². The standard InChI is InChI=1S/C34H28F3N3O3S/c35-34(36,37)24-12-9-22(10-13-24)25-6-3-4-8-27(25)33(43)40-17-15-23(16-18-40)32-39-29(20-44-32)31(42)38-19-28-26-7-2-1-5-21(26)11-14-30(28)41/h1-14,20,23,41H,15-19H2,(H,38,42)/p+1. The van der Waals surface area contributed by atoms with Gasteiger partial charge in [-0.3, -0.25) is 10.1 Å². The van der Waals surface area contributed by atoms with Crippen LogP contribution in [0.1, 0.15) is 55.7 Å². The van der Waals surface area contributed by atoms with Gasteiger partial charge in [-0.2, -0.15) is 13.2 Å². The smallest absolute Gasteiger partial charge is 0.416 e. The van der Waals surface area contributed by atoms with Crippen LogP contribution >= 0.6 is 11.3 Å². The minimum absolute atomic E-state index is 0.109. The Morgan fingerprint density at radius 2 is 1.64 bits per heavy atom. The van der Waals surface area contributed by atoms with Crippen molar-refractivity contribution in [1.82, 2.24) is 9.88 Å².